The number of benzene rings is 2. The Labute approximate surface area is 194 Å². The minimum Gasteiger partial charge on any atom is -0.506 e. The van der Waals surface area contributed by atoms with E-state index in [-0.39, 0.29) is 29.8 Å². The van der Waals surface area contributed by atoms with E-state index < -0.39 is 11.9 Å². The number of aliphatic hydroxyl groups excluding tert-OH is 1. The van der Waals surface area contributed by atoms with Crippen LogP contribution in [0.1, 0.15) is 28.4 Å². The van der Waals surface area contributed by atoms with E-state index in [1.54, 1.807) is 49.4 Å². The van der Waals surface area contributed by atoms with E-state index in [4.69, 9.17) is 18.9 Å². The number of aliphatic hydroxyl groups is 1. The van der Waals surface area contributed by atoms with Gasteiger partial charge in [0.05, 0.1) is 18.6 Å². The molecule has 9 heteroatoms. The van der Waals surface area contributed by atoms with Crippen molar-refractivity contribution in [3.63, 3.8) is 0 Å². The molecule has 0 aromatic heterocycles. The van der Waals surface area contributed by atoms with Crippen LogP contribution in [0.15, 0.2) is 57.6 Å². The van der Waals surface area contributed by atoms with Gasteiger partial charge in [0.2, 0.25) is 6.79 Å². The Morgan fingerprint density at radius 1 is 1.18 bits per heavy atom. The number of aryl methyl sites for hydroxylation is 1. The smallest absolute Gasteiger partial charge is 0.344 e. The van der Waals surface area contributed by atoms with E-state index in [1.165, 1.54) is 7.11 Å². The quantitative estimate of drug-likeness (QED) is 0.644. The van der Waals surface area contributed by atoms with Crippen molar-refractivity contribution in [2.75, 3.05) is 20.5 Å². The Kier molecular flexibility index (Phi) is 6.41. The molecule has 0 fully saturated rings. The monoisotopic (exact) mass is 467 g/mol. The Hall–Kier alpha value is -3.72. The summed E-state index contributed by atoms with van der Waals surface area (Å²) in [6.45, 7) is 3.77. The summed E-state index contributed by atoms with van der Waals surface area (Å²) in [5.74, 6) is -0.0604. The van der Waals surface area contributed by atoms with Gasteiger partial charge in [-0.05, 0) is 38.1 Å². The SMILES string of the molecule is CCOC(=O)C1=C(O)/C(=C/c2cc3c(cc2OC)OCO3)SC1=NC(=O)c1ccc(C)cc1. The number of hydrogen-bond donors (Lipinski definition) is 1. The number of nitrogens with zero attached hydrogens (tertiary/aromatic N) is 1. The molecule has 2 aliphatic rings. The third-order valence-corrected chi connectivity index (χ3v) is 5.90. The fraction of sp³-hybridized carbons (Fsp3) is 0.208. The van der Waals surface area contributed by atoms with Crippen LogP contribution in [0.2, 0.25) is 0 Å². The van der Waals surface area contributed by atoms with Crippen molar-refractivity contribution in [2.45, 2.75) is 13.8 Å². The average Bonchev–Trinajstić information content (AvgIpc) is 3.37. The van der Waals surface area contributed by atoms with Crippen molar-refractivity contribution in [1.82, 2.24) is 0 Å². The van der Waals surface area contributed by atoms with Crippen LogP contribution in [-0.2, 0) is 9.53 Å². The van der Waals surface area contributed by atoms with Crippen LogP contribution in [0.3, 0.4) is 0 Å². The van der Waals surface area contributed by atoms with Gasteiger partial charge in [0.15, 0.2) is 11.5 Å². The van der Waals surface area contributed by atoms with Crippen LogP contribution in [0, 0.1) is 6.92 Å². The second kappa shape index (κ2) is 9.41. The molecule has 2 heterocycles. The highest BCUT2D eigenvalue weighted by Gasteiger charge is 2.34. The molecular weight excluding hydrogens is 446 g/mol. The number of hydrogen-bond acceptors (Lipinski definition) is 8. The van der Waals surface area contributed by atoms with Gasteiger partial charge in [-0.3, -0.25) is 4.79 Å². The van der Waals surface area contributed by atoms with Gasteiger partial charge in [0, 0.05) is 17.2 Å². The number of fused-ring (bicyclic) bond motifs is 1. The second-order valence-electron chi connectivity index (χ2n) is 7.09. The summed E-state index contributed by atoms with van der Waals surface area (Å²) >= 11 is 0.992. The van der Waals surface area contributed by atoms with Crippen LogP contribution in [0.5, 0.6) is 17.2 Å². The molecule has 33 heavy (non-hydrogen) atoms. The zero-order chi connectivity index (χ0) is 23.5. The zero-order valence-electron chi connectivity index (χ0n) is 18.2. The fourth-order valence-corrected chi connectivity index (χ4v) is 4.22. The van der Waals surface area contributed by atoms with Crippen molar-refractivity contribution in [2.24, 2.45) is 4.99 Å². The van der Waals surface area contributed by atoms with Crippen molar-refractivity contribution in [3.05, 3.63) is 69.3 Å². The molecule has 8 nitrogen and oxygen atoms in total. The number of esters is 1. The molecule has 0 bridgehead atoms. The molecule has 0 saturated heterocycles. The van der Waals surface area contributed by atoms with Gasteiger partial charge in [0.25, 0.3) is 5.91 Å². The number of carbonyl (C=O) groups is 2. The van der Waals surface area contributed by atoms with Crippen molar-refractivity contribution in [3.8, 4) is 17.2 Å². The van der Waals surface area contributed by atoms with Crippen LogP contribution in [0.25, 0.3) is 6.08 Å². The highest BCUT2D eigenvalue weighted by atomic mass is 32.2. The first-order valence-corrected chi connectivity index (χ1v) is 10.9. The minimum atomic E-state index is -0.765. The van der Waals surface area contributed by atoms with Gasteiger partial charge in [-0.25, -0.2) is 9.79 Å². The number of amides is 1. The standard InChI is InChI=1S/C24H21NO7S/c1-4-30-24(28)20-21(26)19(10-15-9-17-18(32-12-31-17)11-16(15)29-3)33-23(20)25-22(27)14-7-5-13(2)6-8-14/h5-11,26H,4,12H2,1-3H3/b19-10-,25-23?. The lowest BCUT2D eigenvalue weighted by Gasteiger charge is -2.07. The largest absolute Gasteiger partial charge is 0.506 e. The Balaban J connectivity index is 1.74. The summed E-state index contributed by atoms with van der Waals surface area (Å²) in [6, 6.07) is 10.3. The summed E-state index contributed by atoms with van der Waals surface area (Å²) in [5, 5.41) is 10.9. The Morgan fingerprint density at radius 2 is 1.88 bits per heavy atom. The lowest BCUT2D eigenvalue weighted by atomic mass is 10.1. The molecule has 1 amide bonds. The Morgan fingerprint density at radius 3 is 2.55 bits per heavy atom. The molecule has 0 unspecified atom stereocenters. The highest BCUT2D eigenvalue weighted by molar-refractivity contribution is 8.18. The number of thioether (sulfide) groups is 1. The van der Waals surface area contributed by atoms with E-state index in [9.17, 15) is 14.7 Å². The fourth-order valence-electron chi connectivity index (χ4n) is 3.21. The number of carbonyl (C=O) groups excluding carboxylic acids is 2. The highest BCUT2D eigenvalue weighted by Crippen LogP contribution is 2.43. The first-order valence-electron chi connectivity index (χ1n) is 10.1. The van der Waals surface area contributed by atoms with Gasteiger partial charge in [0.1, 0.15) is 22.1 Å². The van der Waals surface area contributed by atoms with Gasteiger partial charge in [-0.15, -0.1) is 0 Å². The molecule has 2 aromatic rings. The normalized spacial score (nSPS) is 17.1. The van der Waals surface area contributed by atoms with Gasteiger partial charge in [-0.1, -0.05) is 29.5 Å². The molecule has 0 spiro atoms. The first-order chi connectivity index (χ1) is 15.9. The number of aliphatic imine (C=N–C) groups is 1. The van der Waals surface area contributed by atoms with Crippen LogP contribution < -0.4 is 14.2 Å². The van der Waals surface area contributed by atoms with Gasteiger partial charge < -0.3 is 24.1 Å². The molecule has 0 saturated carbocycles. The second-order valence-corrected chi connectivity index (χ2v) is 8.12. The molecule has 1 N–H and O–H groups in total. The van der Waals surface area contributed by atoms with Gasteiger partial charge >= 0.3 is 5.97 Å². The van der Waals surface area contributed by atoms with Gasteiger partial charge in [-0.2, -0.15) is 0 Å². The molecule has 0 aliphatic carbocycles. The van der Waals surface area contributed by atoms with E-state index in [2.05, 4.69) is 4.99 Å². The van der Waals surface area contributed by atoms with Crippen LogP contribution in [0.4, 0.5) is 0 Å². The minimum absolute atomic E-state index is 0.0579. The summed E-state index contributed by atoms with van der Waals surface area (Å²) in [5.41, 5.74) is 1.80. The van der Waals surface area contributed by atoms with E-state index >= 15 is 0 Å². The maximum absolute atomic E-state index is 12.7. The predicted octanol–water partition coefficient (Wildman–Crippen LogP) is 4.43. The van der Waals surface area contributed by atoms with Crippen LogP contribution >= 0.6 is 11.8 Å². The molecular formula is C24H21NO7S. The van der Waals surface area contributed by atoms with E-state index in [0.29, 0.717) is 33.3 Å². The molecule has 0 atom stereocenters. The lowest BCUT2D eigenvalue weighted by Crippen LogP contribution is -2.14. The van der Waals surface area contributed by atoms with Crippen LogP contribution in [-0.4, -0.2) is 42.5 Å². The molecule has 4 rings (SSSR count). The summed E-state index contributed by atoms with van der Waals surface area (Å²) in [6.07, 6.45) is 1.62. The number of ether oxygens (including phenoxy) is 4. The summed E-state index contributed by atoms with van der Waals surface area (Å²) in [4.78, 5) is 29.7. The number of methoxy groups -OCH3 is 1. The molecule has 170 valence electrons. The number of rotatable bonds is 5. The molecule has 2 aliphatic heterocycles. The maximum Gasteiger partial charge on any atom is 0.344 e. The maximum atomic E-state index is 12.7. The summed E-state index contributed by atoms with van der Waals surface area (Å²) < 4.78 is 21.3. The third kappa shape index (κ3) is 4.58. The van der Waals surface area contributed by atoms with Crippen molar-refractivity contribution >= 4 is 34.8 Å². The molecule has 2 aromatic carbocycles. The third-order valence-electron chi connectivity index (χ3n) is 4.88. The van der Waals surface area contributed by atoms with E-state index in [0.717, 1.165) is 17.3 Å². The molecule has 0 radical (unpaired) electrons. The zero-order valence-corrected chi connectivity index (χ0v) is 19.0. The predicted molar refractivity (Wildman–Crippen MR) is 124 cm³/mol. The lowest BCUT2D eigenvalue weighted by molar-refractivity contribution is -0.138. The Bertz CT molecular complexity index is 1210. The average molecular weight is 467 g/mol. The van der Waals surface area contributed by atoms with Crippen molar-refractivity contribution in [1.29, 1.82) is 0 Å². The first kappa shape index (κ1) is 22.5. The van der Waals surface area contributed by atoms with Crippen molar-refractivity contribution < 1.29 is 33.6 Å². The van der Waals surface area contributed by atoms with E-state index in [1.807, 2.05) is 6.92 Å². The topological polar surface area (TPSA) is 104 Å². The summed E-state index contributed by atoms with van der Waals surface area (Å²) in [7, 11) is 1.51.